The topological polar surface area (TPSA) is 75.6 Å². The summed E-state index contributed by atoms with van der Waals surface area (Å²) in [5, 5.41) is 12.1. The average molecular weight is 355 g/mol. The predicted octanol–water partition coefficient (Wildman–Crippen LogP) is 4.02. The zero-order valence-corrected chi connectivity index (χ0v) is 15.6. The largest absolute Gasteiger partial charge is 0.491 e. The Bertz CT molecular complexity index is 779. The van der Waals surface area contributed by atoms with Crippen molar-refractivity contribution in [3.63, 3.8) is 0 Å². The molecule has 2 aromatic rings. The lowest BCUT2D eigenvalue weighted by atomic mass is 9.85. The van der Waals surface area contributed by atoms with Crippen molar-refractivity contribution in [2.24, 2.45) is 0 Å². The molecule has 0 saturated heterocycles. The van der Waals surface area contributed by atoms with Crippen LogP contribution in [0.1, 0.15) is 38.8 Å². The van der Waals surface area contributed by atoms with Crippen LogP contribution in [0.3, 0.4) is 0 Å². The van der Waals surface area contributed by atoms with Crippen molar-refractivity contribution in [3.05, 3.63) is 59.7 Å². The van der Waals surface area contributed by atoms with E-state index < -0.39 is 11.4 Å². The van der Waals surface area contributed by atoms with Gasteiger partial charge in [0.25, 0.3) is 0 Å². The van der Waals surface area contributed by atoms with Crippen LogP contribution < -0.4 is 10.1 Å². The normalized spacial score (nSPS) is 11.3. The summed E-state index contributed by atoms with van der Waals surface area (Å²) in [6, 6.07) is 14.4. The van der Waals surface area contributed by atoms with Gasteiger partial charge in [0.2, 0.25) is 5.91 Å². The van der Waals surface area contributed by atoms with Crippen LogP contribution in [0.2, 0.25) is 0 Å². The molecule has 0 aliphatic rings. The van der Waals surface area contributed by atoms with Crippen molar-refractivity contribution in [1.82, 2.24) is 0 Å². The highest BCUT2D eigenvalue weighted by Gasteiger charge is 2.29. The second-order valence-corrected chi connectivity index (χ2v) is 7.01. The maximum atomic E-state index is 12.3. The Morgan fingerprint density at radius 2 is 1.69 bits per heavy atom. The van der Waals surface area contributed by atoms with E-state index in [1.807, 2.05) is 38.1 Å². The average Bonchev–Trinajstić information content (AvgIpc) is 2.56. The SMILES string of the molecule is CC(C)Oc1ccccc1CC(=O)Nc1ccc(C(C)(C)C(=O)O)cc1. The molecule has 2 N–H and O–H groups in total. The third-order valence-electron chi connectivity index (χ3n) is 4.11. The van der Waals surface area contributed by atoms with Gasteiger partial charge in [0.15, 0.2) is 0 Å². The number of hydrogen-bond acceptors (Lipinski definition) is 3. The molecular formula is C21H25NO4. The zero-order valence-electron chi connectivity index (χ0n) is 15.6. The standard InChI is InChI=1S/C21H25NO4/c1-14(2)26-18-8-6-5-7-15(18)13-19(23)22-17-11-9-16(10-12-17)21(3,4)20(24)25/h5-12,14H,13H2,1-4H3,(H,22,23)(H,24,25). The van der Waals surface area contributed by atoms with E-state index in [0.717, 1.165) is 5.56 Å². The minimum Gasteiger partial charge on any atom is -0.491 e. The number of benzene rings is 2. The fourth-order valence-corrected chi connectivity index (χ4v) is 2.49. The molecule has 26 heavy (non-hydrogen) atoms. The highest BCUT2D eigenvalue weighted by molar-refractivity contribution is 5.92. The van der Waals surface area contributed by atoms with Gasteiger partial charge in [-0.2, -0.15) is 0 Å². The highest BCUT2D eigenvalue weighted by Crippen LogP contribution is 2.25. The second kappa shape index (κ2) is 8.04. The Morgan fingerprint density at radius 1 is 1.08 bits per heavy atom. The number of ether oxygens (including phenoxy) is 1. The number of rotatable bonds is 7. The maximum Gasteiger partial charge on any atom is 0.313 e. The van der Waals surface area contributed by atoms with Gasteiger partial charge in [-0.15, -0.1) is 0 Å². The van der Waals surface area contributed by atoms with Gasteiger partial charge < -0.3 is 15.2 Å². The molecule has 0 aliphatic carbocycles. The summed E-state index contributed by atoms with van der Waals surface area (Å²) in [6.45, 7) is 7.18. The van der Waals surface area contributed by atoms with Crippen molar-refractivity contribution in [2.45, 2.75) is 45.6 Å². The molecule has 5 nitrogen and oxygen atoms in total. The van der Waals surface area contributed by atoms with E-state index in [9.17, 15) is 14.7 Å². The monoisotopic (exact) mass is 355 g/mol. The van der Waals surface area contributed by atoms with Crippen molar-refractivity contribution in [3.8, 4) is 5.75 Å². The summed E-state index contributed by atoms with van der Waals surface area (Å²) in [7, 11) is 0. The third kappa shape index (κ3) is 4.85. The number of para-hydroxylation sites is 1. The first-order chi connectivity index (χ1) is 12.2. The number of hydrogen-bond donors (Lipinski definition) is 2. The van der Waals surface area contributed by atoms with Crippen LogP contribution in [0.15, 0.2) is 48.5 Å². The van der Waals surface area contributed by atoms with E-state index in [4.69, 9.17) is 4.74 Å². The summed E-state index contributed by atoms with van der Waals surface area (Å²) in [5.41, 5.74) is 1.15. The lowest BCUT2D eigenvalue weighted by Crippen LogP contribution is -2.28. The van der Waals surface area contributed by atoms with Crippen LogP contribution in [0.5, 0.6) is 5.75 Å². The molecule has 0 aliphatic heterocycles. The smallest absolute Gasteiger partial charge is 0.313 e. The summed E-state index contributed by atoms with van der Waals surface area (Å²) in [4.78, 5) is 23.7. The van der Waals surface area contributed by atoms with Crippen LogP contribution in [-0.2, 0) is 21.4 Å². The second-order valence-electron chi connectivity index (χ2n) is 7.01. The minimum absolute atomic E-state index is 0.0318. The molecule has 0 unspecified atom stereocenters. The fourth-order valence-electron chi connectivity index (χ4n) is 2.49. The zero-order chi connectivity index (χ0) is 19.3. The lowest BCUT2D eigenvalue weighted by Gasteiger charge is -2.20. The van der Waals surface area contributed by atoms with Crippen molar-refractivity contribution < 1.29 is 19.4 Å². The predicted molar refractivity (Wildman–Crippen MR) is 102 cm³/mol. The molecule has 0 atom stereocenters. The highest BCUT2D eigenvalue weighted by atomic mass is 16.5. The molecule has 0 fully saturated rings. The van der Waals surface area contributed by atoms with Gasteiger partial charge in [-0.1, -0.05) is 30.3 Å². The first-order valence-electron chi connectivity index (χ1n) is 8.58. The van der Waals surface area contributed by atoms with Gasteiger partial charge in [-0.05, 0) is 51.5 Å². The molecule has 0 bridgehead atoms. The van der Waals surface area contributed by atoms with E-state index >= 15 is 0 Å². The van der Waals surface area contributed by atoms with Gasteiger partial charge in [-0.3, -0.25) is 9.59 Å². The first kappa shape index (κ1) is 19.5. The molecule has 0 saturated carbocycles. The van der Waals surface area contributed by atoms with Gasteiger partial charge in [0.05, 0.1) is 17.9 Å². The van der Waals surface area contributed by atoms with E-state index in [1.165, 1.54) is 0 Å². The van der Waals surface area contributed by atoms with E-state index in [1.54, 1.807) is 38.1 Å². The molecule has 2 aromatic carbocycles. The summed E-state index contributed by atoms with van der Waals surface area (Å²) in [5.74, 6) is -0.345. The summed E-state index contributed by atoms with van der Waals surface area (Å²) in [6.07, 6.45) is 0.231. The quantitative estimate of drug-likeness (QED) is 0.787. The molecule has 0 heterocycles. The van der Waals surface area contributed by atoms with E-state index in [-0.39, 0.29) is 18.4 Å². The molecule has 138 valence electrons. The first-order valence-corrected chi connectivity index (χ1v) is 8.58. The maximum absolute atomic E-state index is 12.3. The summed E-state index contributed by atoms with van der Waals surface area (Å²) >= 11 is 0. The Balaban J connectivity index is 2.06. The number of carboxylic acid groups (broad SMARTS) is 1. The minimum atomic E-state index is -0.977. The number of carboxylic acids is 1. The molecule has 0 aromatic heterocycles. The van der Waals surface area contributed by atoms with Crippen LogP contribution in [0.4, 0.5) is 5.69 Å². The van der Waals surface area contributed by atoms with Crippen molar-refractivity contribution in [1.29, 1.82) is 0 Å². The number of amides is 1. The Hall–Kier alpha value is -2.82. The number of anilines is 1. The molecule has 2 rings (SSSR count). The molecular weight excluding hydrogens is 330 g/mol. The summed E-state index contributed by atoms with van der Waals surface area (Å²) < 4.78 is 5.74. The van der Waals surface area contributed by atoms with Gasteiger partial charge in [-0.25, -0.2) is 0 Å². The fraction of sp³-hybridized carbons (Fsp3) is 0.333. The number of aliphatic carboxylic acids is 1. The van der Waals surface area contributed by atoms with E-state index in [2.05, 4.69) is 5.32 Å². The number of nitrogens with one attached hydrogen (secondary N) is 1. The third-order valence-corrected chi connectivity index (χ3v) is 4.11. The molecule has 0 radical (unpaired) electrons. The van der Waals surface area contributed by atoms with Crippen LogP contribution in [-0.4, -0.2) is 23.1 Å². The van der Waals surface area contributed by atoms with Crippen molar-refractivity contribution in [2.75, 3.05) is 5.32 Å². The van der Waals surface area contributed by atoms with Crippen LogP contribution in [0, 0.1) is 0 Å². The van der Waals surface area contributed by atoms with E-state index in [0.29, 0.717) is 17.0 Å². The van der Waals surface area contributed by atoms with Crippen LogP contribution >= 0.6 is 0 Å². The molecule has 5 heteroatoms. The molecule has 0 spiro atoms. The Morgan fingerprint density at radius 3 is 2.27 bits per heavy atom. The number of carbonyl (C=O) groups excluding carboxylic acids is 1. The van der Waals surface area contributed by atoms with Crippen molar-refractivity contribution >= 4 is 17.6 Å². The number of carbonyl (C=O) groups is 2. The Kier molecular flexibility index (Phi) is 6.03. The Labute approximate surface area is 154 Å². The van der Waals surface area contributed by atoms with Crippen LogP contribution in [0.25, 0.3) is 0 Å². The lowest BCUT2D eigenvalue weighted by molar-refractivity contribution is -0.142. The molecule has 1 amide bonds. The van der Waals surface area contributed by atoms with Gasteiger partial charge >= 0.3 is 5.97 Å². The van der Waals surface area contributed by atoms with Gasteiger partial charge in [0, 0.05) is 11.3 Å². The van der Waals surface area contributed by atoms with Gasteiger partial charge in [0.1, 0.15) is 5.75 Å².